The van der Waals surface area contributed by atoms with Crippen molar-refractivity contribution in [3.8, 4) is 0 Å². The van der Waals surface area contributed by atoms with Gasteiger partial charge in [-0.2, -0.15) is 0 Å². The summed E-state index contributed by atoms with van der Waals surface area (Å²) in [6.45, 7) is 6.28. The molecule has 1 saturated heterocycles. The van der Waals surface area contributed by atoms with Crippen LogP contribution in [0.15, 0.2) is 4.42 Å². The van der Waals surface area contributed by atoms with Crippen LogP contribution in [-0.4, -0.2) is 29.2 Å². The number of halogens is 2. The molecule has 1 aromatic rings. The van der Waals surface area contributed by atoms with E-state index < -0.39 is 5.92 Å². The van der Waals surface area contributed by atoms with Gasteiger partial charge in [0, 0.05) is 18.8 Å². The number of hydrogen-bond acceptors (Lipinski definition) is 4. The average Bonchev–Trinajstić information content (AvgIpc) is 2.98. The summed E-state index contributed by atoms with van der Waals surface area (Å²) in [5.74, 6) is -0.848. The molecule has 2 aliphatic rings. The van der Waals surface area contributed by atoms with E-state index in [0.717, 1.165) is 25.9 Å². The molecule has 0 bridgehead atoms. The van der Waals surface area contributed by atoms with Gasteiger partial charge in [0.15, 0.2) is 0 Å². The van der Waals surface area contributed by atoms with Crippen LogP contribution in [0.2, 0.25) is 0 Å². The van der Waals surface area contributed by atoms with E-state index in [9.17, 15) is 8.78 Å². The summed E-state index contributed by atoms with van der Waals surface area (Å²) in [5, 5.41) is 11.9. The van der Waals surface area contributed by atoms with E-state index >= 15 is 0 Å². The molecule has 22 heavy (non-hydrogen) atoms. The molecule has 2 fully saturated rings. The van der Waals surface area contributed by atoms with Crippen LogP contribution in [0.5, 0.6) is 0 Å². The van der Waals surface area contributed by atoms with Gasteiger partial charge < -0.3 is 9.73 Å². The van der Waals surface area contributed by atoms with E-state index in [1.54, 1.807) is 0 Å². The van der Waals surface area contributed by atoms with E-state index in [-0.39, 0.29) is 24.2 Å². The Labute approximate surface area is 130 Å². The molecule has 1 aliphatic heterocycles. The van der Waals surface area contributed by atoms with Crippen molar-refractivity contribution in [3.63, 3.8) is 0 Å². The summed E-state index contributed by atoms with van der Waals surface area (Å²) < 4.78 is 32.6. The van der Waals surface area contributed by atoms with E-state index in [2.05, 4.69) is 29.4 Å². The molecule has 0 spiro atoms. The Morgan fingerprint density at radius 1 is 1.09 bits per heavy atom. The van der Waals surface area contributed by atoms with Gasteiger partial charge in [-0.25, -0.2) is 8.78 Å². The lowest BCUT2D eigenvalue weighted by molar-refractivity contribution is -0.0400. The van der Waals surface area contributed by atoms with Crippen LogP contribution in [0.1, 0.15) is 70.1 Å². The maximum absolute atomic E-state index is 13.3. The minimum Gasteiger partial charge on any atom is -0.424 e. The molecule has 3 rings (SSSR count). The smallest absolute Gasteiger partial charge is 0.248 e. The highest BCUT2D eigenvalue weighted by molar-refractivity contribution is 5.10. The molecule has 1 aromatic heterocycles. The summed E-state index contributed by atoms with van der Waals surface area (Å²) in [6.07, 6.45) is 2.68. The van der Waals surface area contributed by atoms with Crippen LogP contribution < -0.4 is 5.32 Å². The minimum absolute atomic E-state index is 0.00759. The van der Waals surface area contributed by atoms with Crippen molar-refractivity contribution >= 4 is 0 Å². The zero-order valence-corrected chi connectivity index (χ0v) is 13.4. The first kappa shape index (κ1) is 15.8. The van der Waals surface area contributed by atoms with Crippen LogP contribution >= 0.6 is 0 Å². The van der Waals surface area contributed by atoms with Gasteiger partial charge in [-0.3, -0.25) is 0 Å². The number of aromatic nitrogens is 2. The molecule has 0 atom stereocenters. The fourth-order valence-electron chi connectivity index (χ4n) is 3.80. The molecule has 1 saturated carbocycles. The molecular weight excluding hydrogens is 288 g/mol. The summed E-state index contributed by atoms with van der Waals surface area (Å²) in [6, 6.07) is 0. The Hall–Kier alpha value is -1.04. The average molecular weight is 313 g/mol. The number of hydrogen-bond donors (Lipinski definition) is 1. The van der Waals surface area contributed by atoms with Crippen molar-refractivity contribution in [2.75, 3.05) is 13.1 Å². The quantitative estimate of drug-likeness (QED) is 0.925. The van der Waals surface area contributed by atoms with E-state index in [1.165, 1.54) is 0 Å². The molecule has 2 heterocycles. The van der Waals surface area contributed by atoms with Crippen LogP contribution in [0, 0.1) is 5.92 Å². The molecule has 0 unspecified atom stereocenters. The second kappa shape index (κ2) is 5.87. The Kier molecular flexibility index (Phi) is 4.23. The van der Waals surface area contributed by atoms with Crippen molar-refractivity contribution in [3.05, 3.63) is 11.8 Å². The van der Waals surface area contributed by atoms with Crippen LogP contribution in [0.4, 0.5) is 8.78 Å². The van der Waals surface area contributed by atoms with Gasteiger partial charge in [0.05, 0.1) is 5.41 Å². The third-order valence-electron chi connectivity index (χ3n) is 5.53. The van der Waals surface area contributed by atoms with Crippen LogP contribution in [-0.2, 0) is 5.41 Å². The fraction of sp³-hybridized carbons (Fsp3) is 0.875. The lowest BCUT2D eigenvalue weighted by Crippen LogP contribution is -2.43. The second-order valence-electron chi connectivity index (χ2n) is 7.14. The number of piperidine rings is 1. The maximum Gasteiger partial charge on any atom is 0.248 e. The summed E-state index contributed by atoms with van der Waals surface area (Å²) >= 11 is 0. The molecule has 1 aliphatic carbocycles. The first-order valence-corrected chi connectivity index (χ1v) is 8.35. The maximum atomic E-state index is 13.3. The summed E-state index contributed by atoms with van der Waals surface area (Å²) in [5.41, 5.74) is -0.0743. The Bertz CT molecular complexity index is 499. The van der Waals surface area contributed by atoms with Gasteiger partial charge >= 0.3 is 0 Å². The number of nitrogens with one attached hydrogen (secondary N) is 1. The van der Waals surface area contributed by atoms with Crippen LogP contribution in [0.3, 0.4) is 0 Å². The van der Waals surface area contributed by atoms with Crippen LogP contribution in [0.25, 0.3) is 0 Å². The van der Waals surface area contributed by atoms with Crippen molar-refractivity contribution in [1.82, 2.24) is 15.5 Å². The van der Waals surface area contributed by atoms with Gasteiger partial charge in [0.1, 0.15) is 0 Å². The normalized spacial score (nSPS) is 25.5. The lowest BCUT2D eigenvalue weighted by Gasteiger charge is -2.38. The third-order valence-corrected chi connectivity index (χ3v) is 5.53. The predicted molar refractivity (Wildman–Crippen MR) is 79.1 cm³/mol. The van der Waals surface area contributed by atoms with E-state index in [4.69, 9.17) is 4.42 Å². The zero-order valence-electron chi connectivity index (χ0n) is 13.4. The summed E-state index contributed by atoms with van der Waals surface area (Å²) in [7, 11) is 0. The monoisotopic (exact) mass is 313 g/mol. The number of nitrogens with zero attached hydrogens (tertiary/aromatic N) is 2. The first-order chi connectivity index (χ1) is 10.4. The Balaban J connectivity index is 1.78. The Morgan fingerprint density at radius 3 is 2.32 bits per heavy atom. The fourth-order valence-corrected chi connectivity index (χ4v) is 3.80. The Morgan fingerprint density at radius 2 is 1.73 bits per heavy atom. The van der Waals surface area contributed by atoms with Gasteiger partial charge in [0.25, 0.3) is 0 Å². The minimum atomic E-state index is -2.52. The molecular formula is C16H25F2N3O. The number of alkyl halides is 2. The molecule has 0 radical (unpaired) electrons. The molecule has 0 aromatic carbocycles. The lowest BCUT2D eigenvalue weighted by atomic mass is 9.70. The van der Waals surface area contributed by atoms with E-state index in [1.807, 2.05) is 0 Å². The second-order valence-corrected chi connectivity index (χ2v) is 7.14. The van der Waals surface area contributed by atoms with Crippen molar-refractivity contribution in [2.45, 2.75) is 69.6 Å². The van der Waals surface area contributed by atoms with Crippen molar-refractivity contribution in [2.24, 2.45) is 5.92 Å². The molecule has 6 heteroatoms. The van der Waals surface area contributed by atoms with Crippen molar-refractivity contribution in [1.29, 1.82) is 0 Å². The summed E-state index contributed by atoms with van der Waals surface area (Å²) in [4.78, 5) is 0. The third kappa shape index (κ3) is 2.90. The molecule has 124 valence electrons. The SMILES string of the molecule is CC(C)C1(c2nnc(C3CCC(F)(F)CC3)o2)CCNCC1. The number of rotatable bonds is 3. The predicted octanol–water partition coefficient (Wildman–Crippen LogP) is 3.64. The van der Waals surface area contributed by atoms with E-state index in [0.29, 0.717) is 30.5 Å². The highest BCUT2D eigenvalue weighted by atomic mass is 19.3. The highest BCUT2D eigenvalue weighted by Crippen LogP contribution is 2.43. The standard InChI is InChI=1S/C16H25F2N3O/c1-11(2)15(7-9-19-10-8-15)14-21-20-13(22-14)12-3-5-16(17,18)6-4-12/h11-12,19H,3-10H2,1-2H3. The first-order valence-electron chi connectivity index (χ1n) is 8.35. The van der Waals surface area contributed by atoms with Gasteiger partial charge in [-0.15, -0.1) is 10.2 Å². The van der Waals surface area contributed by atoms with Gasteiger partial charge in [-0.1, -0.05) is 13.8 Å². The van der Waals surface area contributed by atoms with Gasteiger partial charge in [-0.05, 0) is 44.7 Å². The van der Waals surface area contributed by atoms with Gasteiger partial charge in [0.2, 0.25) is 17.7 Å². The zero-order chi connectivity index (χ0) is 15.8. The topological polar surface area (TPSA) is 51.0 Å². The van der Waals surface area contributed by atoms with Crippen molar-refractivity contribution < 1.29 is 13.2 Å². The molecule has 1 N–H and O–H groups in total. The molecule has 0 amide bonds. The molecule has 4 nitrogen and oxygen atoms in total. The largest absolute Gasteiger partial charge is 0.424 e. The highest BCUT2D eigenvalue weighted by Gasteiger charge is 2.43.